The zero-order valence-corrected chi connectivity index (χ0v) is 13.0. The van der Waals surface area contributed by atoms with Crippen molar-refractivity contribution < 1.29 is 13.9 Å². The van der Waals surface area contributed by atoms with Gasteiger partial charge in [-0.05, 0) is 26.0 Å². The highest BCUT2D eigenvalue weighted by atomic mass is 35.5. The van der Waals surface area contributed by atoms with Gasteiger partial charge in [-0.15, -0.1) is 11.8 Å². The Balaban J connectivity index is 2.17. The maximum atomic E-state index is 13.6. The molecule has 0 spiro atoms. The van der Waals surface area contributed by atoms with E-state index in [1.807, 2.05) is 4.57 Å². The quantitative estimate of drug-likeness (QED) is 0.788. The van der Waals surface area contributed by atoms with Crippen molar-refractivity contribution in [3.05, 3.63) is 40.2 Å². The van der Waals surface area contributed by atoms with Gasteiger partial charge in [0.1, 0.15) is 11.6 Å². The van der Waals surface area contributed by atoms with Gasteiger partial charge in [-0.3, -0.25) is 4.57 Å². The molecule has 1 aliphatic rings. The van der Waals surface area contributed by atoms with Crippen molar-refractivity contribution in [1.29, 1.82) is 0 Å². The molecule has 1 aromatic heterocycles. The summed E-state index contributed by atoms with van der Waals surface area (Å²) in [6, 6.07) is 2.97. The number of imidazole rings is 1. The Labute approximate surface area is 130 Å². The van der Waals surface area contributed by atoms with Crippen LogP contribution in [-0.2, 0) is 10.5 Å². The van der Waals surface area contributed by atoms with E-state index in [-0.39, 0.29) is 5.02 Å². The van der Waals surface area contributed by atoms with Gasteiger partial charge in [-0.25, -0.2) is 14.2 Å². The Hall–Kier alpha value is -1.53. The summed E-state index contributed by atoms with van der Waals surface area (Å²) in [4.78, 5) is 17.0. The second-order valence-corrected chi connectivity index (χ2v) is 5.96. The minimum absolute atomic E-state index is 0.0491. The molecule has 0 bridgehead atoms. The number of ether oxygens (including phenoxy) is 1. The highest BCUT2D eigenvalue weighted by Gasteiger charge is 2.27. The van der Waals surface area contributed by atoms with Crippen LogP contribution in [0.25, 0.3) is 5.69 Å². The fourth-order valence-electron chi connectivity index (χ4n) is 2.35. The Kier molecular flexibility index (Phi) is 3.67. The number of nitrogens with zero attached hydrogens (tertiary/aromatic N) is 2. The van der Waals surface area contributed by atoms with Gasteiger partial charge in [0.25, 0.3) is 0 Å². The lowest BCUT2D eigenvalue weighted by Gasteiger charge is -2.20. The predicted molar refractivity (Wildman–Crippen MR) is 78.8 cm³/mol. The lowest BCUT2D eigenvalue weighted by atomic mass is 10.2. The van der Waals surface area contributed by atoms with Crippen LogP contribution in [0.4, 0.5) is 4.39 Å². The molecule has 0 N–H and O–H groups in total. The standard InChI is InChI=1S/C14H12ClFN2O2S/c1-3-20-14(19)13-11-6-21-12-5-9(16)8(15)4-10(12)18(11)7(2)17-13/h4-5H,3,6H2,1-2H3. The number of hydrogen-bond acceptors (Lipinski definition) is 4. The lowest BCUT2D eigenvalue weighted by Crippen LogP contribution is -2.12. The second-order valence-electron chi connectivity index (χ2n) is 4.53. The molecular formula is C14H12ClFN2O2S. The largest absolute Gasteiger partial charge is 0.461 e. The lowest BCUT2D eigenvalue weighted by molar-refractivity contribution is 0.0519. The van der Waals surface area contributed by atoms with Gasteiger partial charge >= 0.3 is 5.97 Å². The molecule has 1 aromatic carbocycles. The molecule has 0 saturated heterocycles. The maximum Gasteiger partial charge on any atom is 0.358 e. The van der Waals surface area contributed by atoms with Gasteiger partial charge in [0, 0.05) is 10.6 Å². The van der Waals surface area contributed by atoms with Crippen molar-refractivity contribution in [2.24, 2.45) is 0 Å². The molecule has 2 heterocycles. The molecule has 21 heavy (non-hydrogen) atoms. The SMILES string of the molecule is CCOC(=O)c1nc(C)n2c1CSc1cc(F)c(Cl)cc1-2. The summed E-state index contributed by atoms with van der Waals surface area (Å²) in [6.07, 6.45) is 0. The van der Waals surface area contributed by atoms with Crippen LogP contribution < -0.4 is 0 Å². The van der Waals surface area contributed by atoms with Gasteiger partial charge in [0.2, 0.25) is 0 Å². The summed E-state index contributed by atoms with van der Waals surface area (Å²) < 4.78 is 20.4. The normalized spacial score (nSPS) is 12.8. The van der Waals surface area contributed by atoms with Gasteiger partial charge in [-0.2, -0.15) is 0 Å². The molecule has 0 atom stereocenters. The molecule has 2 aromatic rings. The van der Waals surface area contributed by atoms with E-state index in [1.54, 1.807) is 19.9 Å². The third kappa shape index (κ3) is 2.32. The maximum absolute atomic E-state index is 13.6. The van der Waals surface area contributed by atoms with E-state index < -0.39 is 11.8 Å². The number of aromatic nitrogens is 2. The van der Waals surface area contributed by atoms with Crippen LogP contribution in [0.1, 0.15) is 28.9 Å². The Morgan fingerprint density at radius 3 is 3.05 bits per heavy atom. The molecule has 0 fully saturated rings. The van der Waals surface area contributed by atoms with Crippen molar-refractivity contribution in [1.82, 2.24) is 9.55 Å². The Bertz CT molecular complexity index is 745. The summed E-state index contributed by atoms with van der Waals surface area (Å²) in [5.41, 5.74) is 1.81. The van der Waals surface area contributed by atoms with Crippen molar-refractivity contribution in [2.75, 3.05) is 6.61 Å². The van der Waals surface area contributed by atoms with Crippen LogP contribution in [0.5, 0.6) is 0 Å². The summed E-state index contributed by atoms with van der Waals surface area (Å²) in [5.74, 6) is 0.293. The smallest absolute Gasteiger partial charge is 0.358 e. The van der Waals surface area contributed by atoms with Crippen LogP contribution in [0.2, 0.25) is 5.02 Å². The number of rotatable bonds is 2. The fraction of sp³-hybridized carbons (Fsp3) is 0.286. The summed E-state index contributed by atoms with van der Waals surface area (Å²) >= 11 is 7.32. The molecule has 0 amide bonds. The number of fused-ring (bicyclic) bond motifs is 3. The molecule has 4 nitrogen and oxygen atoms in total. The fourth-order valence-corrected chi connectivity index (χ4v) is 3.55. The van der Waals surface area contributed by atoms with Gasteiger partial charge in [0.05, 0.1) is 23.0 Å². The van der Waals surface area contributed by atoms with Crippen molar-refractivity contribution >= 4 is 29.3 Å². The van der Waals surface area contributed by atoms with E-state index in [0.29, 0.717) is 23.9 Å². The minimum atomic E-state index is -0.449. The van der Waals surface area contributed by atoms with Crippen LogP contribution >= 0.6 is 23.4 Å². The third-order valence-corrected chi connectivity index (χ3v) is 4.56. The predicted octanol–water partition coefficient (Wildman–Crippen LogP) is 3.76. The first-order valence-corrected chi connectivity index (χ1v) is 7.76. The number of carbonyl (C=O) groups is 1. The van der Waals surface area contributed by atoms with Crippen molar-refractivity contribution in [2.45, 2.75) is 24.5 Å². The van der Waals surface area contributed by atoms with E-state index >= 15 is 0 Å². The van der Waals surface area contributed by atoms with Crippen LogP contribution in [0, 0.1) is 12.7 Å². The third-order valence-electron chi connectivity index (χ3n) is 3.22. The molecule has 0 saturated carbocycles. The van der Waals surface area contributed by atoms with Gasteiger partial charge in [-0.1, -0.05) is 11.6 Å². The molecule has 110 valence electrons. The molecule has 1 aliphatic heterocycles. The second kappa shape index (κ2) is 5.35. The molecule has 0 aliphatic carbocycles. The summed E-state index contributed by atoms with van der Waals surface area (Å²) in [6.45, 7) is 3.84. The Morgan fingerprint density at radius 1 is 1.57 bits per heavy atom. The number of thioether (sulfide) groups is 1. The van der Waals surface area contributed by atoms with E-state index in [9.17, 15) is 9.18 Å². The van der Waals surface area contributed by atoms with Crippen LogP contribution in [-0.4, -0.2) is 22.1 Å². The number of halogens is 2. The first kappa shape index (κ1) is 14.4. The molecular weight excluding hydrogens is 315 g/mol. The van der Waals surface area contributed by atoms with Gasteiger partial charge < -0.3 is 4.74 Å². The topological polar surface area (TPSA) is 44.1 Å². The molecule has 3 rings (SSSR count). The average Bonchev–Trinajstić information content (AvgIpc) is 2.78. The van der Waals surface area contributed by atoms with E-state index in [1.165, 1.54) is 17.8 Å². The monoisotopic (exact) mass is 326 g/mol. The van der Waals surface area contributed by atoms with Crippen LogP contribution in [0.15, 0.2) is 17.0 Å². The Morgan fingerprint density at radius 2 is 2.33 bits per heavy atom. The van der Waals surface area contributed by atoms with Crippen molar-refractivity contribution in [3.63, 3.8) is 0 Å². The molecule has 0 unspecified atom stereocenters. The first-order valence-electron chi connectivity index (χ1n) is 6.40. The summed E-state index contributed by atoms with van der Waals surface area (Å²) in [7, 11) is 0. The molecule has 7 heteroatoms. The minimum Gasteiger partial charge on any atom is -0.461 e. The highest BCUT2D eigenvalue weighted by Crippen LogP contribution is 2.39. The van der Waals surface area contributed by atoms with Crippen molar-refractivity contribution in [3.8, 4) is 5.69 Å². The van der Waals surface area contributed by atoms with Gasteiger partial charge in [0.15, 0.2) is 5.69 Å². The van der Waals surface area contributed by atoms with E-state index in [4.69, 9.17) is 16.3 Å². The van der Waals surface area contributed by atoms with E-state index in [0.717, 1.165) is 16.3 Å². The number of hydrogen-bond donors (Lipinski definition) is 0. The molecule has 0 radical (unpaired) electrons. The number of benzene rings is 1. The zero-order chi connectivity index (χ0) is 15.1. The number of aryl methyl sites for hydroxylation is 1. The number of carbonyl (C=O) groups excluding carboxylic acids is 1. The number of esters is 1. The average molecular weight is 327 g/mol. The van der Waals surface area contributed by atoms with Crippen LogP contribution in [0.3, 0.4) is 0 Å². The van der Waals surface area contributed by atoms with E-state index in [2.05, 4.69) is 4.98 Å². The summed E-state index contributed by atoms with van der Waals surface area (Å²) in [5, 5.41) is 0.0491. The zero-order valence-electron chi connectivity index (χ0n) is 11.4. The highest BCUT2D eigenvalue weighted by molar-refractivity contribution is 7.98. The first-order chi connectivity index (χ1) is 10.0.